The van der Waals surface area contributed by atoms with Crippen molar-refractivity contribution in [3.05, 3.63) is 33.3 Å². The van der Waals surface area contributed by atoms with Crippen LogP contribution in [-0.4, -0.2) is 47.3 Å². The number of hydrogen-bond donors (Lipinski definition) is 1. The van der Waals surface area contributed by atoms with Crippen molar-refractivity contribution in [2.24, 2.45) is 28.8 Å². The molecule has 1 N–H and O–H groups in total. The topological polar surface area (TPSA) is 106 Å². The lowest BCUT2D eigenvalue weighted by Gasteiger charge is -2.15. The first kappa shape index (κ1) is 20.9. The monoisotopic (exact) mass is 496 g/mol. The molecule has 3 aliphatic rings. The van der Waals surface area contributed by atoms with Crippen molar-refractivity contribution in [1.29, 1.82) is 0 Å². The number of carboxylic acid groups (broad SMARTS) is 1. The Morgan fingerprint density at radius 1 is 1.30 bits per heavy atom. The normalized spacial score (nSPS) is 26.7. The summed E-state index contributed by atoms with van der Waals surface area (Å²) >= 11 is 9.67. The number of nitrogens with zero attached hydrogens (tertiary/aromatic N) is 2. The van der Waals surface area contributed by atoms with Crippen LogP contribution in [0.2, 0.25) is 5.02 Å². The molecule has 1 saturated heterocycles. The summed E-state index contributed by atoms with van der Waals surface area (Å²) < 4.78 is 11.1. The van der Waals surface area contributed by atoms with E-state index in [9.17, 15) is 14.4 Å². The highest BCUT2D eigenvalue weighted by Gasteiger charge is 2.59. The number of ether oxygens (including phenoxy) is 2. The van der Waals surface area contributed by atoms with Crippen LogP contribution in [0, 0.1) is 23.7 Å². The summed E-state index contributed by atoms with van der Waals surface area (Å²) in [5.41, 5.74) is 0.449. The molecule has 1 heterocycles. The molecule has 0 aromatic heterocycles. The van der Waals surface area contributed by atoms with Crippen LogP contribution in [-0.2, 0) is 14.4 Å². The van der Waals surface area contributed by atoms with E-state index in [4.69, 9.17) is 26.2 Å². The van der Waals surface area contributed by atoms with Gasteiger partial charge in [0.2, 0.25) is 0 Å². The molecule has 2 bridgehead atoms. The van der Waals surface area contributed by atoms with Gasteiger partial charge < -0.3 is 14.6 Å². The fourth-order valence-corrected chi connectivity index (χ4v) is 5.00. The van der Waals surface area contributed by atoms with Crippen LogP contribution < -0.4 is 9.47 Å². The Bertz CT molecular complexity index is 964. The molecule has 30 heavy (non-hydrogen) atoms. The quantitative estimate of drug-likeness (QED) is 0.353. The zero-order valence-electron chi connectivity index (χ0n) is 15.9. The highest BCUT2D eigenvalue weighted by molar-refractivity contribution is 9.10. The van der Waals surface area contributed by atoms with Gasteiger partial charge in [0, 0.05) is 10.0 Å². The minimum Gasteiger partial charge on any atom is -0.490 e. The number of aliphatic carboxylic acids is 1. The fraction of sp³-hybridized carbons (Fsp3) is 0.400. The predicted octanol–water partition coefficient (Wildman–Crippen LogP) is 3.11. The summed E-state index contributed by atoms with van der Waals surface area (Å²) in [6, 6.07) is 1.55. The molecule has 1 aromatic carbocycles. The van der Waals surface area contributed by atoms with Gasteiger partial charge in [0.05, 0.1) is 24.7 Å². The first-order chi connectivity index (χ1) is 14.3. The molecule has 0 spiro atoms. The molecular formula is C20H18BrClN2O6. The van der Waals surface area contributed by atoms with Crippen LogP contribution in [0.4, 0.5) is 0 Å². The van der Waals surface area contributed by atoms with Gasteiger partial charge in [0.15, 0.2) is 18.1 Å². The molecule has 1 aliphatic heterocycles. The average molecular weight is 498 g/mol. The second-order valence-corrected chi connectivity index (χ2v) is 8.44. The Balaban J connectivity index is 1.61. The standard InChI is InChI=1S/C20H18BrClN2O6/c1-2-29-12-6-11(16(21)17(22)18(12)30-8-13(25)26)7-23-24-19(27)14-9-3-4-10(5-9)15(14)20(24)28/h3-4,6-7,9-10,14-15H,2,5,8H2,1H3,(H,25,26). The van der Waals surface area contributed by atoms with E-state index in [1.54, 1.807) is 13.0 Å². The molecule has 158 valence electrons. The van der Waals surface area contributed by atoms with E-state index < -0.39 is 12.6 Å². The average Bonchev–Trinajstić information content (AvgIpc) is 3.38. The number of carbonyl (C=O) groups is 3. The maximum absolute atomic E-state index is 12.8. The molecule has 4 unspecified atom stereocenters. The first-order valence-electron chi connectivity index (χ1n) is 9.43. The van der Waals surface area contributed by atoms with Crippen molar-refractivity contribution >= 4 is 51.5 Å². The second kappa shape index (κ2) is 8.03. The molecule has 1 saturated carbocycles. The van der Waals surface area contributed by atoms with E-state index in [0.717, 1.165) is 11.4 Å². The summed E-state index contributed by atoms with van der Waals surface area (Å²) in [7, 11) is 0. The minimum absolute atomic E-state index is 0.0791. The SMILES string of the molecule is CCOc1cc(C=NN2C(=O)C3C4C=CC(C4)C3C2=O)c(Br)c(Cl)c1OCC(=O)O. The third-order valence-electron chi connectivity index (χ3n) is 5.56. The summed E-state index contributed by atoms with van der Waals surface area (Å²) in [5, 5.41) is 14.0. The summed E-state index contributed by atoms with van der Waals surface area (Å²) in [5.74, 6) is -1.87. The van der Waals surface area contributed by atoms with Crippen molar-refractivity contribution in [3.63, 3.8) is 0 Å². The molecule has 1 aromatic rings. The van der Waals surface area contributed by atoms with Crippen LogP contribution in [0.5, 0.6) is 11.5 Å². The smallest absolute Gasteiger partial charge is 0.341 e. The maximum Gasteiger partial charge on any atom is 0.341 e. The Morgan fingerprint density at radius 3 is 2.50 bits per heavy atom. The second-order valence-electron chi connectivity index (χ2n) is 7.27. The maximum atomic E-state index is 12.8. The Hall–Kier alpha value is -2.39. The zero-order chi connectivity index (χ0) is 21.6. The molecule has 10 heteroatoms. The Morgan fingerprint density at radius 2 is 1.93 bits per heavy atom. The van der Waals surface area contributed by atoms with Gasteiger partial charge >= 0.3 is 5.97 Å². The van der Waals surface area contributed by atoms with Crippen LogP contribution in [0.15, 0.2) is 27.8 Å². The molecule has 8 nitrogen and oxygen atoms in total. The Kier molecular flexibility index (Phi) is 5.59. The van der Waals surface area contributed by atoms with E-state index in [1.165, 1.54) is 6.21 Å². The van der Waals surface area contributed by atoms with E-state index >= 15 is 0 Å². The Labute approximate surface area is 185 Å². The summed E-state index contributed by atoms with van der Waals surface area (Å²) in [6.45, 7) is 1.46. The van der Waals surface area contributed by atoms with Gasteiger partial charge in [0.1, 0.15) is 5.02 Å². The van der Waals surface area contributed by atoms with Gasteiger partial charge in [0.25, 0.3) is 11.8 Å². The molecule has 0 radical (unpaired) electrons. The number of hydrazone groups is 1. The van der Waals surface area contributed by atoms with Crippen molar-refractivity contribution < 1.29 is 29.0 Å². The fourth-order valence-electron chi connectivity index (χ4n) is 4.35. The van der Waals surface area contributed by atoms with Crippen molar-refractivity contribution in [3.8, 4) is 11.5 Å². The van der Waals surface area contributed by atoms with Crippen molar-refractivity contribution in [1.82, 2.24) is 5.01 Å². The number of amides is 2. The third-order valence-corrected chi connectivity index (χ3v) is 7.00. The van der Waals surface area contributed by atoms with E-state index in [-0.39, 0.29) is 52.0 Å². The molecule has 4 rings (SSSR count). The van der Waals surface area contributed by atoms with Gasteiger partial charge in [-0.1, -0.05) is 23.8 Å². The van der Waals surface area contributed by atoms with Gasteiger partial charge in [-0.05, 0) is 47.2 Å². The van der Waals surface area contributed by atoms with Crippen molar-refractivity contribution in [2.45, 2.75) is 13.3 Å². The number of allylic oxidation sites excluding steroid dienone is 2. The van der Waals surface area contributed by atoms with Gasteiger partial charge in [-0.2, -0.15) is 10.1 Å². The minimum atomic E-state index is -1.16. The van der Waals surface area contributed by atoms with Crippen LogP contribution in [0.1, 0.15) is 18.9 Å². The number of carbonyl (C=O) groups excluding carboxylic acids is 2. The van der Waals surface area contributed by atoms with E-state index in [2.05, 4.69) is 21.0 Å². The predicted molar refractivity (Wildman–Crippen MR) is 111 cm³/mol. The van der Waals surface area contributed by atoms with Gasteiger partial charge in [-0.3, -0.25) is 9.59 Å². The highest BCUT2D eigenvalue weighted by atomic mass is 79.9. The van der Waals surface area contributed by atoms with Crippen LogP contribution >= 0.6 is 27.5 Å². The first-order valence-corrected chi connectivity index (χ1v) is 10.6. The number of rotatable bonds is 7. The van der Waals surface area contributed by atoms with E-state index in [1.807, 2.05) is 12.2 Å². The highest BCUT2D eigenvalue weighted by Crippen LogP contribution is 2.52. The molecule has 2 aliphatic carbocycles. The number of carboxylic acids is 1. The van der Waals surface area contributed by atoms with E-state index in [0.29, 0.717) is 16.6 Å². The third kappa shape index (κ3) is 3.39. The summed E-state index contributed by atoms with van der Waals surface area (Å²) in [6.07, 6.45) is 6.24. The zero-order valence-corrected chi connectivity index (χ0v) is 18.2. The van der Waals surface area contributed by atoms with Crippen molar-refractivity contribution in [2.75, 3.05) is 13.2 Å². The summed E-state index contributed by atoms with van der Waals surface area (Å²) in [4.78, 5) is 36.3. The molecule has 4 atom stereocenters. The molecule has 2 amide bonds. The molecular weight excluding hydrogens is 480 g/mol. The van der Waals surface area contributed by atoms with Crippen LogP contribution in [0.25, 0.3) is 0 Å². The molecule has 2 fully saturated rings. The number of benzene rings is 1. The number of halogens is 2. The van der Waals surface area contributed by atoms with Gasteiger partial charge in [-0.25, -0.2) is 4.79 Å². The number of hydrogen-bond acceptors (Lipinski definition) is 6. The number of imide groups is 1. The lowest BCUT2D eigenvalue weighted by molar-refractivity contribution is -0.141. The number of fused-ring (bicyclic) bond motifs is 5. The lowest BCUT2D eigenvalue weighted by Crippen LogP contribution is -2.28. The largest absolute Gasteiger partial charge is 0.490 e. The van der Waals surface area contributed by atoms with Crippen LogP contribution in [0.3, 0.4) is 0 Å². The van der Waals surface area contributed by atoms with Gasteiger partial charge in [-0.15, -0.1) is 0 Å². The lowest BCUT2D eigenvalue weighted by atomic mass is 9.85.